The molecule has 0 aliphatic carbocycles. The molecule has 3 rings (SSSR count). The Bertz CT molecular complexity index is 1110. The predicted octanol–water partition coefficient (Wildman–Crippen LogP) is 2.05. The summed E-state index contributed by atoms with van der Waals surface area (Å²) in [6.07, 6.45) is -4.66. The first-order chi connectivity index (χ1) is 13.0. The minimum atomic E-state index is -4.57. The normalized spacial score (nSPS) is 15.9. The van der Waals surface area contributed by atoms with Crippen molar-refractivity contribution >= 4 is 21.8 Å². The van der Waals surface area contributed by atoms with Crippen LogP contribution >= 0.6 is 0 Å². The molecule has 0 unspecified atom stereocenters. The van der Waals surface area contributed by atoms with Gasteiger partial charge in [-0.15, -0.1) is 0 Å². The van der Waals surface area contributed by atoms with Crippen molar-refractivity contribution in [2.75, 3.05) is 10.8 Å². The maximum atomic E-state index is 12.9. The number of alkyl halides is 3. The highest BCUT2D eigenvalue weighted by Gasteiger charge is 2.35. The maximum Gasteiger partial charge on any atom is 0.416 e. The summed E-state index contributed by atoms with van der Waals surface area (Å²) in [5, 5.41) is 19.3. The molecule has 1 heterocycles. The van der Waals surface area contributed by atoms with Gasteiger partial charge in [0.1, 0.15) is 12.3 Å². The average molecular weight is 411 g/mol. The number of carbonyl (C=O) groups excluding carboxylic acids is 1. The van der Waals surface area contributed by atoms with E-state index < -0.39 is 40.2 Å². The van der Waals surface area contributed by atoms with Crippen LogP contribution < -0.4 is 9.03 Å². The van der Waals surface area contributed by atoms with E-state index in [1.807, 2.05) is 6.07 Å². The molecule has 11 heteroatoms. The summed E-state index contributed by atoms with van der Waals surface area (Å²) in [6.45, 7) is -0.499. The van der Waals surface area contributed by atoms with Gasteiger partial charge in [0.15, 0.2) is 0 Å². The topological polar surface area (TPSA) is 111 Å². The van der Waals surface area contributed by atoms with Crippen LogP contribution in [-0.2, 0) is 27.6 Å². The third kappa shape index (κ3) is 3.72. The van der Waals surface area contributed by atoms with Crippen molar-refractivity contribution in [2.45, 2.75) is 12.6 Å². The second kappa shape index (κ2) is 6.72. The fourth-order valence-electron chi connectivity index (χ4n) is 2.80. The maximum absolute atomic E-state index is 12.9. The average Bonchev–Trinajstić information content (AvgIpc) is 2.86. The molecule has 2 aromatic rings. The quantitative estimate of drug-likeness (QED) is 0.803. The Morgan fingerprint density at radius 1 is 1.21 bits per heavy atom. The van der Waals surface area contributed by atoms with Gasteiger partial charge in [0.05, 0.1) is 22.9 Å². The van der Waals surface area contributed by atoms with E-state index in [0.29, 0.717) is 9.87 Å². The van der Waals surface area contributed by atoms with Crippen molar-refractivity contribution < 1.29 is 31.5 Å². The molecule has 0 radical (unpaired) electrons. The Balaban J connectivity index is 1.94. The molecule has 1 aliphatic rings. The van der Waals surface area contributed by atoms with Crippen LogP contribution in [-0.4, -0.2) is 26.0 Å². The number of anilines is 1. The lowest BCUT2D eigenvalue weighted by Crippen LogP contribution is -2.29. The van der Waals surface area contributed by atoms with Crippen LogP contribution in [0.1, 0.15) is 22.3 Å². The molecule has 0 atom stereocenters. The number of aromatic hydroxyl groups is 1. The monoisotopic (exact) mass is 411 g/mol. The van der Waals surface area contributed by atoms with E-state index in [-0.39, 0.29) is 23.2 Å². The first-order valence-electron chi connectivity index (χ1n) is 7.76. The SMILES string of the molecule is N#Cc1ccc(C(F)(F)F)cc1Cc1ccc(N2CC(=O)NS2(=O)=O)c(O)c1. The highest BCUT2D eigenvalue weighted by molar-refractivity contribution is 7.92. The molecule has 2 aromatic carbocycles. The smallest absolute Gasteiger partial charge is 0.416 e. The minimum absolute atomic E-state index is 0.0495. The number of amides is 1. The Kier molecular flexibility index (Phi) is 4.68. The first-order valence-corrected chi connectivity index (χ1v) is 9.20. The molecule has 1 fully saturated rings. The molecule has 1 amide bonds. The Hall–Kier alpha value is -3.26. The zero-order valence-electron chi connectivity index (χ0n) is 14.0. The van der Waals surface area contributed by atoms with Gasteiger partial charge in [-0.25, -0.2) is 9.03 Å². The van der Waals surface area contributed by atoms with E-state index in [9.17, 15) is 31.5 Å². The van der Waals surface area contributed by atoms with Gasteiger partial charge in [-0.3, -0.25) is 4.79 Å². The fourth-order valence-corrected chi connectivity index (χ4v) is 3.96. The van der Waals surface area contributed by atoms with Gasteiger partial charge in [-0.2, -0.15) is 26.9 Å². The van der Waals surface area contributed by atoms with Crippen molar-refractivity contribution in [3.8, 4) is 11.8 Å². The molecule has 1 saturated heterocycles. The summed E-state index contributed by atoms with van der Waals surface area (Å²) in [4.78, 5) is 11.3. The number of hydrogen-bond donors (Lipinski definition) is 2. The Labute approximate surface area is 157 Å². The summed E-state index contributed by atoms with van der Waals surface area (Å²) in [5.74, 6) is -1.23. The predicted molar refractivity (Wildman–Crippen MR) is 91.5 cm³/mol. The lowest BCUT2D eigenvalue weighted by molar-refractivity contribution is -0.137. The molecule has 1 aliphatic heterocycles. The van der Waals surface area contributed by atoms with E-state index in [0.717, 1.165) is 18.2 Å². The standard InChI is InChI=1S/C17H12F3N3O4S/c18-17(19,20)13-3-2-11(8-21)12(7-13)5-10-1-4-14(15(24)6-10)23-9-16(25)22-28(23,26)27/h1-4,6-7,24H,5,9H2,(H,22,25). The highest BCUT2D eigenvalue weighted by atomic mass is 32.2. The van der Waals surface area contributed by atoms with Crippen LogP contribution in [0.5, 0.6) is 5.75 Å². The highest BCUT2D eigenvalue weighted by Crippen LogP contribution is 2.34. The van der Waals surface area contributed by atoms with Crippen molar-refractivity contribution in [1.29, 1.82) is 5.26 Å². The molecule has 146 valence electrons. The number of nitrogens with zero attached hydrogens (tertiary/aromatic N) is 2. The number of phenolic OH excluding ortho intramolecular Hbond substituents is 1. The summed E-state index contributed by atoms with van der Waals surface area (Å²) in [5.41, 5.74) is -0.543. The number of benzene rings is 2. The van der Waals surface area contributed by atoms with E-state index in [2.05, 4.69) is 0 Å². The van der Waals surface area contributed by atoms with Crippen LogP contribution in [0, 0.1) is 11.3 Å². The molecular formula is C17H12F3N3O4S. The van der Waals surface area contributed by atoms with Crippen molar-refractivity contribution in [2.24, 2.45) is 0 Å². The number of hydrogen-bond acceptors (Lipinski definition) is 5. The van der Waals surface area contributed by atoms with Crippen molar-refractivity contribution in [3.05, 3.63) is 58.7 Å². The zero-order chi connectivity index (χ0) is 20.7. The summed E-state index contributed by atoms with van der Waals surface area (Å²) in [6, 6.07) is 8.37. The van der Waals surface area contributed by atoms with Gasteiger partial charge >= 0.3 is 16.4 Å². The summed E-state index contributed by atoms with van der Waals surface area (Å²) in [7, 11) is -4.11. The van der Waals surface area contributed by atoms with Gasteiger partial charge in [-0.05, 0) is 47.9 Å². The van der Waals surface area contributed by atoms with E-state index >= 15 is 0 Å². The molecule has 28 heavy (non-hydrogen) atoms. The Morgan fingerprint density at radius 2 is 1.93 bits per heavy atom. The largest absolute Gasteiger partial charge is 0.506 e. The number of halogens is 3. The van der Waals surface area contributed by atoms with Crippen LogP contribution in [0.4, 0.5) is 18.9 Å². The number of rotatable bonds is 3. The second-order valence-electron chi connectivity index (χ2n) is 6.02. The molecular weight excluding hydrogens is 399 g/mol. The van der Waals surface area contributed by atoms with Crippen LogP contribution in [0.15, 0.2) is 36.4 Å². The molecule has 0 spiro atoms. The second-order valence-corrected chi connectivity index (χ2v) is 7.61. The van der Waals surface area contributed by atoms with Gasteiger partial charge in [0, 0.05) is 0 Å². The van der Waals surface area contributed by atoms with Gasteiger partial charge in [-0.1, -0.05) is 6.07 Å². The Morgan fingerprint density at radius 3 is 2.46 bits per heavy atom. The van der Waals surface area contributed by atoms with Gasteiger partial charge in [0.25, 0.3) is 5.91 Å². The molecule has 0 saturated carbocycles. The zero-order valence-corrected chi connectivity index (χ0v) is 14.8. The van der Waals surface area contributed by atoms with Crippen LogP contribution in [0.2, 0.25) is 0 Å². The van der Waals surface area contributed by atoms with Gasteiger partial charge < -0.3 is 5.11 Å². The lowest BCUT2D eigenvalue weighted by Gasteiger charge is -2.17. The minimum Gasteiger partial charge on any atom is -0.506 e. The summed E-state index contributed by atoms with van der Waals surface area (Å²) < 4.78 is 64.9. The van der Waals surface area contributed by atoms with Gasteiger partial charge in [0.2, 0.25) is 0 Å². The van der Waals surface area contributed by atoms with Crippen molar-refractivity contribution in [1.82, 2.24) is 4.72 Å². The fraction of sp³-hybridized carbons (Fsp3) is 0.176. The first kappa shape index (κ1) is 19.5. The molecule has 0 aromatic heterocycles. The lowest BCUT2D eigenvalue weighted by atomic mass is 9.97. The van der Waals surface area contributed by atoms with E-state index in [4.69, 9.17) is 5.26 Å². The third-order valence-corrected chi connectivity index (χ3v) is 5.47. The number of nitriles is 1. The van der Waals surface area contributed by atoms with E-state index in [1.54, 1.807) is 4.72 Å². The number of carbonyl (C=O) groups is 1. The molecule has 2 N–H and O–H groups in total. The van der Waals surface area contributed by atoms with Crippen molar-refractivity contribution in [3.63, 3.8) is 0 Å². The summed E-state index contributed by atoms with van der Waals surface area (Å²) >= 11 is 0. The molecule has 7 nitrogen and oxygen atoms in total. The van der Waals surface area contributed by atoms with Crippen LogP contribution in [0.25, 0.3) is 0 Å². The number of phenols is 1. The third-order valence-electron chi connectivity index (χ3n) is 4.08. The van der Waals surface area contributed by atoms with E-state index in [1.165, 1.54) is 18.2 Å². The molecule has 0 bridgehead atoms. The van der Waals surface area contributed by atoms with Crippen LogP contribution in [0.3, 0.4) is 0 Å². The number of nitrogens with one attached hydrogen (secondary N) is 1.